The van der Waals surface area contributed by atoms with Crippen molar-refractivity contribution in [3.8, 4) is 17.1 Å². The highest BCUT2D eigenvalue weighted by atomic mass is 32.2. The van der Waals surface area contributed by atoms with E-state index in [1.165, 1.54) is 29.9 Å². The van der Waals surface area contributed by atoms with Gasteiger partial charge in [-0.25, -0.2) is 27.9 Å². The van der Waals surface area contributed by atoms with Gasteiger partial charge in [-0.1, -0.05) is 6.92 Å². The Labute approximate surface area is 160 Å². The van der Waals surface area contributed by atoms with Crippen molar-refractivity contribution in [2.75, 3.05) is 12.4 Å². The van der Waals surface area contributed by atoms with Crippen LogP contribution in [-0.2, 0) is 9.84 Å². The largest absolute Gasteiger partial charge is 0.470 e. The van der Waals surface area contributed by atoms with Crippen molar-refractivity contribution in [3.63, 3.8) is 0 Å². The maximum Gasteiger partial charge on any atom is 0.456 e. The monoisotopic (exact) mass is 437 g/mol. The van der Waals surface area contributed by atoms with E-state index in [2.05, 4.69) is 24.8 Å². The van der Waals surface area contributed by atoms with Gasteiger partial charge in [-0.15, -0.1) is 0 Å². The first kappa shape index (κ1) is 20.8. The number of aromatic nitrogens is 5. The fourth-order valence-corrected chi connectivity index (χ4v) is 3.20. The van der Waals surface area contributed by atoms with Gasteiger partial charge in [0.15, 0.2) is 27.1 Å². The normalized spacial score (nSPS) is 13.0. The minimum absolute atomic E-state index is 0.0205. The Morgan fingerprint density at radius 2 is 1.83 bits per heavy atom. The Kier molecular flexibility index (Phi) is 5.15. The summed E-state index contributed by atoms with van der Waals surface area (Å²) in [5, 5.41) is 3.68. The van der Waals surface area contributed by atoms with Crippen LogP contribution in [0.5, 0.6) is 5.88 Å². The first-order chi connectivity index (χ1) is 13.5. The van der Waals surface area contributed by atoms with Gasteiger partial charge in [0, 0.05) is 12.4 Å². The average molecular weight is 437 g/mol. The third-order valence-electron chi connectivity index (χ3n) is 3.74. The van der Waals surface area contributed by atoms with E-state index in [-0.39, 0.29) is 27.7 Å². The van der Waals surface area contributed by atoms with Crippen LogP contribution in [0, 0.1) is 0 Å². The molecule has 0 atom stereocenters. The van der Waals surface area contributed by atoms with Crippen molar-refractivity contribution in [1.82, 2.24) is 24.6 Å². The topological polar surface area (TPSA) is 99.3 Å². The number of sulfone groups is 1. The standard InChI is InChI=1S/C15H12F5N5O3S/c1-2-29(26,27)13-11(12-21-4-3-5-25(12)24-13)9-6-23-10(7-22-9)28-8-14(16,17)15(18,19)20/h3-7H,2,8H2,1H3. The lowest BCUT2D eigenvalue weighted by Crippen LogP contribution is -2.41. The van der Waals surface area contributed by atoms with Gasteiger partial charge in [-0.3, -0.25) is 0 Å². The zero-order chi connectivity index (χ0) is 21.4. The molecule has 0 saturated heterocycles. The molecule has 0 saturated carbocycles. The van der Waals surface area contributed by atoms with Gasteiger partial charge in [0.2, 0.25) is 5.88 Å². The number of alkyl halides is 5. The van der Waals surface area contributed by atoms with Crippen LogP contribution in [0.2, 0.25) is 0 Å². The Morgan fingerprint density at radius 3 is 2.41 bits per heavy atom. The second-order valence-corrected chi connectivity index (χ2v) is 7.90. The second kappa shape index (κ2) is 7.17. The van der Waals surface area contributed by atoms with Crippen molar-refractivity contribution >= 4 is 15.5 Å². The van der Waals surface area contributed by atoms with Crippen LogP contribution in [-0.4, -0.2) is 57.4 Å². The van der Waals surface area contributed by atoms with Crippen LogP contribution < -0.4 is 4.74 Å². The predicted octanol–water partition coefficient (Wildman–Crippen LogP) is 2.56. The van der Waals surface area contributed by atoms with Gasteiger partial charge in [-0.05, 0) is 6.07 Å². The molecule has 0 bridgehead atoms. The van der Waals surface area contributed by atoms with Gasteiger partial charge < -0.3 is 4.74 Å². The van der Waals surface area contributed by atoms with E-state index >= 15 is 0 Å². The van der Waals surface area contributed by atoms with Gasteiger partial charge >= 0.3 is 12.1 Å². The molecule has 0 fully saturated rings. The van der Waals surface area contributed by atoms with Crippen LogP contribution in [0.25, 0.3) is 16.9 Å². The maximum atomic E-state index is 12.9. The molecule has 0 unspecified atom stereocenters. The van der Waals surface area contributed by atoms with E-state index in [0.29, 0.717) is 0 Å². The third kappa shape index (κ3) is 3.97. The fourth-order valence-electron chi connectivity index (χ4n) is 2.21. The van der Waals surface area contributed by atoms with Crippen molar-refractivity contribution in [2.45, 2.75) is 24.0 Å². The van der Waals surface area contributed by atoms with E-state index in [0.717, 1.165) is 12.4 Å². The van der Waals surface area contributed by atoms with Crippen LogP contribution in [0.1, 0.15) is 6.92 Å². The first-order valence-corrected chi connectivity index (χ1v) is 9.57. The van der Waals surface area contributed by atoms with Gasteiger partial charge in [-0.2, -0.15) is 27.1 Å². The number of fused-ring (bicyclic) bond motifs is 1. The lowest BCUT2D eigenvalue weighted by Gasteiger charge is -2.19. The highest BCUT2D eigenvalue weighted by molar-refractivity contribution is 7.91. The number of halogens is 5. The van der Waals surface area contributed by atoms with Gasteiger partial charge in [0.25, 0.3) is 0 Å². The molecule has 156 valence electrons. The molecule has 8 nitrogen and oxygen atoms in total. The molecule has 0 amide bonds. The number of ether oxygens (including phenoxy) is 1. The lowest BCUT2D eigenvalue weighted by atomic mass is 10.2. The molecule has 3 aromatic rings. The molecule has 29 heavy (non-hydrogen) atoms. The fraction of sp³-hybridized carbons (Fsp3) is 0.333. The van der Waals surface area contributed by atoms with E-state index in [9.17, 15) is 30.4 Å². The molecule has 0 aliphatic carbocycles. The highest BCUT2D eigenvalue weighted by Crippen LogP contribution is 2.35. The summed E-state index contributed by atoms with van der Waals surface area (Å²) < 4.78 is 92.8. The summed E-state index contributed by atoms with van der Waals surface area (Å²) in [5.41, 5.74) is 0.138. The Hall–Kier alpha value is -2.90. The summed E-state index contributed by atoms with van der Waals surface area (Å²) in [4.78, 5) is 11.6. The molecule has 3 rings (SSSR count). The summed E-state index contributed by atoms with van der Waals surface area (Å²) in [6.45, 7) is -0.557. The van der Waals surface area contributed by atoms with Crippen molar-refractivity contribution < 1.29 is 35.1 Å². The average Bonchev–Trinajstić information content (AvgIpc) is 3.06. The second-order valence-electron chi connectivity index (χ2n) is 5.70. The molecule has 14 heteroatoms. The predicted molar refractivity (Wildman–Crippen MR) is 88.2 cm³/mol. The van der Waals surface area contributed by atoms with Gasteiger partial charge in [0.1, 0.15) is 0 Å². The van der Waals surface area contributed by atoms with Crippen LogP contribution in [0.4, 0.5) is 22.0 Å². The van der Waals surface area contributed by atoms with Crippen LogP contribution >= 0.6 is 0 Å². The molecule has 0 spiro atoms. The lowest BCUT2D eigenvalue weighted by molar-refractivity contribution is -0.290. The molecule has 0 aliphatic heterocycles. The molecule has 0 radical (unpaired) electrons. The zero-order valence-electron chi connectivity index (χ0n) is 14.6. The molecular weight excluding hydrogens is 425 g/mol. The van der Waals surface area contributed by atoms with E-state index < -0.39 is 34.4 Å². The summed E-state index contributed by atoms with van der Waals surface area (Å²) in [6.07, 6.45) is -1.14. The number of hydrogen-bond donors (Lipinski definition) is 0. The molecule has 3 aromatic heterocycles. The smallest absolute Gasteiger partial charge is 0.456 e. The minimum atomic E-state index is -5.77. The van der Waals surface area contributed by atoms with E-state index in [1.54, 1.807) is 0 Å². The number of hydrogen-bond acceptors (Lipinski definition) is 7. The minimum Gasteiger partial charge on any atom is -0.470 e. The number of nitrogens with zero attached hydrogens (tertiary/aromatic N) is 5. The quantitative estimate of drug-likeness (QED) is 0.547. The molecule has 0 aliphatic rings. The molecule has 3 heterocycles. The molecular formula is C15H12F5N5O3S. The van der Waals surface area contributed by atoms with Crippen LogP contribution in [0.3, 0.4) is 0 Å². The Bertz CT molecular complexity index is 1130. The van der Waals surface area contributed by atoms with Crippen LogP contribution in [0.15, 0.2) is 35.9 Å². The van der Waals surface area contributed by atoms with Crippen molar-refractivity contribution in [1.29, 1.82) is 0 Å². The summed E-state index contributed by atoms with van der Waals surface area (Å²) >= 11 is 0. The van der Waals surface area contributed by atoms with E-state index in [1.807, 2.05) is 0 Å². The maximum absolute atomic E-state index is 12.9. The first-order valence-electron chi connectivity index (χ1n) is 7.92. The highest BCUT2D eigenvalue weighted by Gasteiger charge is 2.58. The molecule has 0 N–H and O–H groups in total. The van der Waals surface area contributed by atoms with E-state index in [4.69, 9.17) is 0 Å². The number of rotatable bonds is 6. The summed E-state index contributed by atoms with van der Waals surface area (Å²) in [6, 6.07) is 1.52. The Morgan fingerprint density at radius 1 is 1.10 bits per heavy atom. The van der Waals surface area contributed by atoms with Gasteiger partial charge in [0.05, 0.1) is 29.4 Å². The van der Waals surface area contributed by atoms with Crippen molar-refractivity contribution in [2.24, 2.45) is 0 Å². The third-order valence-corrected chi connectivity index (χ3v) is 5.37. The zero-order valence-corrected chi connectivity index (χ0v) is 15.4. The van der Waals surface area contributed by atoms with Crippen molar-refractivity contribution in [3.05, 3.63) is 30.9 Å². The summed E-state index contributed by atoms with van der Waals surface area (Å²) in [5.74, 6) is -5.92. The summed E-state index contributed by atoms with van der Waals surface area (Å²) in [7, 11) is -3.79. The Balaban J connectivity index is 1.97. The SMILES string of the molecule is CCS(=O)(=O)c1nn2cccnc2c1-c1cnc(OCC(F)(F)C(F)(F)F)cn1. The molecule has 0 aromatic carbocycles.